The number of carboxylic acid groups (broad SMARTS) is 1. The molecule has 0 radical (unpaired) electrons. The monoisotopic (exact) mass is 232 g/mol. The van der Waals surface area contributed by atoms with Crippen molar-refractivity contribution >= 4 is 11.7 Å². The minimum atomic E-state index is -0.757. The fourth-order valence-electron chi connectivity index (χ4n) is 1.51. The van der Waals surface area contributed by atoms with Gasteiger partial charge in [0.25, 0.3) is 0 Å². The predicted octanol–water partition coefficient (Wildman–Crippen LogP) is 2.53. The van der Waals surface area contributed by atoms with Crippen LogP contribution in [0.4, 0.5) is 5.69 Å². The highest BCUT2D eigenvalue weighted by Crippen LogP contribution is 2.16. The Kier molecular flexibility index (Phi) is 5.02. The second kappa shape index (κ2) is 6.54. The fourth-order valence-corrected chi connectivity index (χ4v) is 1.51. The summed E-state index contributed by atoms with van der Waals surface area (Å²) < 4.78 is 0. The largest absolute Gasteiger partial charge is 0.481 e. The number of unbranched alkanes of at least 4 members (excludes halogenated alkanes) is 1. The molecule has 4 heteroatoms. The van der Waals surface area contributed by atoms with Gasteiger partial charge in [0.05, 0.1) is 11.6 Å². The number of benzene rings is 1. The molecule has 0 amide bonds. The molecule has 0 fully saturated rings. The fraction of sp³-hybridized carbons (Fsp3) is 0.385. The molecule has 0 unspecified atom stereocenters. The molecule has 0 saturated heterocycles. The molecule has 0 atom stereocenters. The summed E-state index contributed by atoms with van der Waals surface area (Å²) in [6.07, 6.45) is 1.68. The lowest BCUT2D eigenvalue weighted by molar-refractivity contribution is -0.137. The van der Waals surface area contributed by atoms with Crippen LogP contribution in [0, 0.1) is 18.3 Å². The normalized spacial score (nSPS) is 9.65. The molecule has 1 rings (SSSR count). The molecular formula is C13H16N2O2. The number of hydrogen-bond acceptors (Lipinski definition) is 3. The summed E-state index contributed by atoms with van der Waals surface area (Å²) in [5.74, 6) is -0.757. The van der Waals surface area contributed by atoms with E-state index in [4.69, 9.17) is 10.4 Å². The molecule has 4 nitrogen and oxygen atoms in total. The molecule has 0 heterocycles. The number of hydrogen-bond donors (Lipinski definition) is 2. The van der Waals surface area contributed by atoms with Gasteiger partial charge in [0.15, 0.2) is 0 Å². The van der Waals surface area contributed by atoms with Crippen molar-refractivity contribution in [2.75, 3.05) is 11.9 Å². The Morgan fingerprint density at radius 3 is 2.88 bits per heavy atom. The Balaban J connectivity index is 2.41. The third kappa shape index (κ3) is 4.56. The highest BCUT2D eigenvalue weighted by atomic mass is 16.4. The molecule has 17 heavy (non-hydrogen) atoms. The van der Waals surface area contributed by atoms with Crippen molar-refractivity contribution in [1.82, 2.24) is 0 Å². The van der Waals surface area contributed by atoms with Gasteiger partial charge in [0, 0.05) is 18.7 Å². The Labute approximate surface area is 101 Å². The van der Waals surface area contributed by atoms with Gasteiger partial charge in [-0.3, -0.25) is 4.79 Å². The highest BCUT2D eigenvalue weighted by molar-refractivity contribution is 5.66. The third-order valence-electron chi connectivity index (χ3n) is 2.50. The number of nitrogens with zero attached hydrogens (tertiary/aromatic N) is 1. The minimum absolute atomic E-state index is 0.207. The molecule has 0 aliphatic heterocycles. The van der Waals surface area contributed by atoms with Gasteiger partial charge >= 0.3 is 5.97 Å². The number of anilines is 1. The van der Waals surface area contributed by atoms with Gasteiger partial charge in [-0.15, -0.1) is 0 Å². The van der Waals surface area contributed by atoms with E-state index in [1.165, 1.54) is 0 Å². The number of rotatable bonds is 6. The molecule has 0 bridgehead atoms. The van der Waals surface area contributed by atoms with Crippen molar-refractivity contribution in [1.29, 1.82) is 5.26 Å². The summed E-state index contributed by atoms with van der Waals surface area (Å²) in [6, 6.07) is 7.59. The van der Waals surface area contributed by atoms with E-state index >= 15 is 0 Å². The van der Waals surface area contributed by atoms with E-state index in [0.717, 1.165) is 24.2 Å². The van der Waals surface area contributed by atoms with Crippen molar-refractivity contribution < 1.29 is 9.90 Å². The van der Waals surface area contributed by atoms with Gasteiger partial charge in [-0.05, 0) is 37.5 Å². The molecule has 0 aliphatic rings. The Morgan fingerprint density at radius 2 is 2.24 bits per heavy atom. The van der Waals surface area contributed by atoms with Crippen molar-refractivity contribution in [2.24, 2.45) is 0 Å². The van der Waals surface area contributed by atoms with E-state index in [1.54, 1.807) is 6.07 Å². The van der Waals surface area contributed by atoms with Crippen LogP contribution in [-0.4, -0.2) is 17.6 Å². The molecule has 0 spiro atoms. The lowest BCUT2D eigenvalue weighted by Crippen LogP contribution is -2.04. The summed E-state index contributed by atoms with van der Waals surface area (Å²) in [7, 11) is 0. The van der Waals surface area contributed by atoms with Crippen LogP contribution in [-0.2, 0) is 4.79 Å². The van der Waals surface area contributed by atoms with Gasteiger partial charge in [-0.1, -0.05) is 6.07 Å². The van der Waals surface area contributed by atoms with Crippen LogP contribution >= 0.6 is 0 Å². The molecule has 0 saturated carbocycles. The van der Waals surface area contributed by atoms with Crippen LogP contribution < -0.4 is 5.32 Å². The first-order valence-corrected chi connectivity index (χ1v) is 5.60. The number of aryl methyl sites for hydroxylation is 1. The van der Waals surface area contributed by atoms with E-state index in [2.05, 4.69) is 11.4 Å². The molecule has 0 aliphatic carbocycles. The lowest BCUT2D eigenvalue weighted by Gasteiger charge is -2.09. The maximum absolute atomic E-state index is 10.3. The van der Waals surface area contributed by atoms with Crippen LogP contribution in [0.3, 0.4) is 0 Å². The van der Waals surface area contributed by atoms with Crippen LogP contribution in [0.1, 0.15) is 30.4 Å². The zero-order chi connectivity index (χ0) is 12.7. The molecule has 90 valence electrons. The van der Waals surface area contributed by atoms with Gasteiger partial charge < -0.3 is 10.4 Å². The Morgan fingerprint density at radius 1 is 1.47 bits per heavy atom. The van der Waals surface area contributed by atoms with E-state index in [-0.39, 0.29) is 6.42 Å². The zero-order valence-corrected chi connectivity index (χ0v) is 9.86. The summed E-state index contributed by atoms with van der Waals surface area (Å²) in [4.78, 5) is 10.3. The lowest BCUT2D eigenvalue weighted by atomic mass is 10.1. The second-order valence-electron chi connectivity index (χ2n) is 3.92. The number of carboxylic acids is 1. The van der Waals surface area contributed by atoms with E-state index in [9.17, 15) is 4.79 Å². The van der Waals surface area contributed by atoms with Crippen molar-refractivity contribution in [2.45, 2.75) is 26.2 Å². The summed E-state index contributed by atoms with van der Waals surface area (Å²) >= 11 is 0. The van der Waals surface area contributed by atoms with E-state index in [1.807, 2.05) is 19.1 Å². The summed E-state index contributed by atoms with van der Waals surface area (Å²) in [5.41, 5.74) is 2.66. The predicted molar refractivity (Wildman–Crippen MR) is 65.9 cm³/mol. The first-order valence-electron chi connectivity index (χ1n) is 5.60. The average molecular weight is 232 g/mol. The summed E-state index contributed by atoms with van der Waals surface area (Å²) in [6.45, 7) is 2.70. The number of nitrogens with one attached hydrogen (secondary N) is 1. The molecule has 1 aromatic carbocycles. The van der Waals surface area contributed by atoms with Crippen LogP contribution in [0.15, 0.2) is 18.2 Å². The standard InChI is InChI=1S/C13H16N2O2/c1-10-5-6-11(9-14)8-12(10)15-7-3-2-4-13(16)17/h5-6,8,15H,2-4,7H2,1H3,(H,16,17). The van der Waals surface area contributed by atoms with Gasteiger partial charge in [0.2, 0.25) is 0 Å². The first-order chi connectivity index (χ1) is 8.13. The van der Waals surface area contributed by atoms with Crippen LogP contribution in [0.5, 0.6) is 0 Å². The topological polar surface area (TPSA) is 73.1 Å². The van der Waals surface area contributed by atoms with Crippen LogP contribution in [0.2, 0.25) is 0 Å². The molecule has 2 N–H and O–H groups in total. The van der Waals surface area contributed by atoms with Gasteiger partial charge in [-0.2, -0.15) is 5.26 Å². The average Bonchev–Trinajstić information content (AvgIpc) is 2.30. The first kappa shape index (κ1) is 13.0. The maximum atomic E-state index is 10.3. The second-order valence-corrected chi connectivity index (χ2v) is 3.92. The molecule has 1 aromatic rings. The SMILES string of the molecule is Cc1ccc(C#N)cc1NCCCCC(=O)O. The van der Waals surface area contributed by atoms with Gasteiger partial charge in [0.1, 0.15) is 0 Å². The van der Waals surface area contributed by atoms with Crippen molar-refractivity contribution in [3.63, 3.8) is 0 Å². The number of carbonyl (C=O) groups is 1. The molecule has 0 aromatic heterocycles. The smallest absolute Gasteiger partial charge is 0.303 e. The number of aliphatic carboxylic acids is 1. The van der Waals surface area contributed by atoms with Crippen molar-refractivity contribution in [3.05, 3.63) is 29.3 Å². The van der Waals surface area contributed by atoms with Gasteiger partial charge in [-0.25, -0.2) is 0 Å². The number of nitriles is 1. The minimum Gasteiger partial charge on any atom is -0.481 e. The van der Waals surface area contributed by atoms with Crippen molar-refractivity contribution in [3.8, 4) is 6.07 Å². The Hall–Kier alpha value is -2.02. The molecular weight excluding hydrogens is 216 g/mol. The highest BCUT2D eigenvalue weighted by Gasteiger charge is 2.00. The van der Waals surface area contributed by atoms with Crippen LogP contribution in [0.25, 0.3) is 0 Å². The quantitative estimate of drug-likeness (QED) is 0.739. The maximum Gasteiger partial charge on any atom is 0.303 e. The third-order valence-corrected chi connectivity index (χ3v) is 2.50. The van der Waals surface area contributed by atoms with E-state index < -0.39 is 5.97 Å². The Bertz CT molecular complexity index is 436. The summed E-state index contributed by atoms with van der Waals surface area (Å²) in [5, 5.41) is 20.5. The van der Waals surface area contributed by atoms with E-state index in [0.29, 0.717) is 12.0 Å². The zero-order valence-electron chi connectivity index (χ0n) is 9.86.